The van der Waals surface area contributed by atoms with E-state index >= 15 is 4.39 Å². The zero-order valence-electron chi connectivity index (χ0n) is 17.5. The summed E-state index contributed by atoms with van der Waals surface area (Å²) in [5.74, 6) is -1.96. The molecule has 3 heterocycles. The minimum atomic E-state index is -0.850. The predicted octanol–water partition coefficient (Wildman–Crippen LogP) is 4.42. The molecule has 3 aromatic heterocycles. The lowest BCUT2D eigenvalue weighted by Crippen LogP contribution is -2.13. The van der Waals surface area contributed by atoms with Gasteiger partial charge in [-0.1, -0.05) is 19.1 Å². The van der Waals surface area contributed by atoms with Gasteiger partial charge in [0.1, 0.15) is 11.6 Å². The first-order valence-electron chi connectivity index (χ1n) is 10.3. The van der Waals surface area contributed by atoms with E-state index in [9.17, 15) is 9.18 Å². The Kier molecular flexibility index (Phi) is 5.01. The Morgan fingerprint density at radius 1 is 1.09 bits per heavy atom. The van der Waals surface area contributed by atoms with Gasteiger partial charge in [0.25, 0.3) is 5.91 Å². The Morgan fingerprint density at radius 3 is 2.70 bits per heavy atom. The van der Waals surface area contributed by atoms with Crippen molar-refractivity contribution in [2.75, 3.05) is 0 Å². The summed E-state index contributed by atoms with van der Waals surface area (Å²) in [5.41, 5.74) is 7.67. The van der Waals surface area contributed by atoms with Gasteiger partial charge in [-0.15, -0.1) is 0 Å². The fourth-order valence-electron chi connectivity index (χ4n) is 3.98. The lowest BCUT2D eigenvalue weighted by Gasteiger charge is -2.19. The molecule has 0 saturated heterocycles. The van der Waals surface area contributed by atoms with Gasteiger partial charge in [-0.2, -0.15) is 0 Å². The number of rotatable bonds is 5. The van der Waals surface area contributed by atoms with Gasteiger partial charge in [0.15, 0.2) is 11.3 Å². The van der Waals surface area contributed by atoms with Crippen molar-refractivity contribution < 1.29 is 13.6 Å². The molecule has 1 atom stereocenters. The van der Waals surface area contributed by atoms with Crippen LogP contribution in [-0.4, -0.2) is 30.4 Å². The smallest absolute Gasteiger partial charge is 0.251 e. The quantitative estimate of drug-likeness (QED) is 0.433. The Balaban J connectivity index is 1.62. The fourth-order valence-corrected chi connectivity index (χ4v) is 3.98. The highest BCUT2D eigenvalue weighted by Crippen LogP contribution is 2.30. The van der Waals surface area contributed by atoms with Crippen LogP contribution in [0.4, 0.5) is 8.78 Å². The first-order valence-corrected chi connectivity index (χ1v) is 10.3. The molecule has 1 amide bonds. The van der Waals surface area contributed by atoms with Gasteiger partial charge in [0, 0.05) is 28.8 Å². The van der Waals surface area contributed by atoms with Gasteiger partial charge in [-0.3, -0.25) is 9.78 Å². The summed E-state index contributed by atoms with van der Waals surface area (Å²) >= 11 is 0. The Labute approximate surface area is 186 Å². The van der Waals surface area contributed by atoms with E-state index < -0.39 is 17.8 Å². The zero-order valence-corrected chi connectivity index (χ0v) is 17.5. The zero-order chi connectivity index (χ0) is 23.1. The van der Waals surface area contributed by atoms with Crippen molar-refractivity contribution in [2.45, 2.75) is 19.4 Å². The van der Waals surface area contributed by atoms with Crippen LogP contribution in [-0.2, 0) is 0 Å². The molecule has 5 aromatic rings. The van der Waals surface area contributed by atoms with Crippen LogP contribution in [0.2, 0.25) is 0 Å². The van der Waals surface area contributed by atoms with Gasteiger partial charge in [0.2, 0.25) is 0 Å². The third-order valence-electron chi connectivity index (χ3n) is 5.62. The number of benzene rings is 2. The molecule has 0 saturated carbocycles. The first-order chi connectivity index (χ1) is 16.0. The highest BCUT2D eigenvalue weighted by atomic mass is 19.1. The van der Waals surface area contributed by atoms with E-state index in [1.165, 1.54) is 24.4 Å². The van der Waals surface area contributed by atoms with Crippen molar-refractivity contribution in [3.8, 4) is 11.3 Å². The number of nitrogens with zero attached hydrogens (tertiary/aromatic N) is 5. The first kappa shape index (κ1) is 20.6. The number of primary amides is 1. The van der Waals surface area contributed by atoms with E-state index in [1.807, 2.05) is 13.0 Å². The second-order valence-corrected chi connectivity index (χ2v) is 7.61. The van der Waals surface area contributed by atoms with Crippen LogP contribution < -0.4 is 5.73 Å². The number of halogens is 2. The van der Waals surface area contributed by atoms with Gasteiger partial charge < -0.3 is 10.3 Å². The molecule has 0 spiro atoms. The van der Waals surface area contributed by atoms with Gasteiger partial charge in [0.05, 0.1) is 35.3 Å². The number of pyridine rings is 1. The van der Waals surface area contributed by atoms with Crippen LogP contribution >= 0.6 is 0 Å². The average Bonchev–Trinajstić information content (AvgIpc) is 3.22. The highest BCUT2D eigenvalue weighted by Gasteiger charge is 2.21. The molecule has 33 heavy (non-hydrogen) atoms. The SMILES string of the molecule is CCC(c1cc2cccnc2cc1F)n1cnc2ncc(-c3ccc(C(N)=O)c(F)c3)nc21. The third kappa shape index (κ3) is 3.57. The molecular formula is C24H18F2N6O. The molecule has 2 aromatic carbocycles. The number of amides is 1. The van der Waals surface area contributed by atoms with Crippen LogP contribution in [0.25, 0.3) is 33.5 Å². The van der Waals surface area contributed by atoms with E-state index in [1.54, 1.807) is 35.3 Å². The van der Waals surface area contributed by atoms with E-state index in [2.05, 4.69) is 19.9 Å². The van der Waals surface area contributed by atoms with Crippen LogP contribution in [0.5, 0.6) is 0 Å². The van der Waals surface area contributed by atoms with Crippen LogP contribution in [0.3, 0.4) is 0 Å². The maximum atomic E-state index is 15.1. The van der Waals surface area contributed by atoms with Crippen molar-refractivity contribution >= 4 is 28.1 Å². The van der Waals surface area contributed by atoms with E-state index in [4.69, 9.17) is 5.73 Å². The van der Waals surface area contributed by atoms with Crippen molar-refractivity contribution in [1.82, 2.24) is 24.5 Å². The molecular weight excluding hydrogens is 426 g/mol. The molecule has 0 aliphatic rings. The lowest BCUT2D eigenvalue weighted by atomic mass is 10.0. The molecule has 0 bridgehead atoms. The molecule has 0 aliphatic carbocycles. The predicted molar refractivity (Wildman–Crippen MR) is 119 cm³/mol. The van der Waals surface area contributed by atoms with Crippen molar-refractivity contribution in [3.05, 3.63) is 83.9 Å². The molecule has 2 N–H and O–H groups in total. The summed E-state index contributed by atoms with van der Waals surface area (Å²) in [6.07, 6.45) is 5.24. The fraction of sp³-hybridized carbons (Fsp3) is 0.125. The molecule has 164 valence electrons. The maximum Gasteiger partial charge on any atom is 0.251 e. The number of aromatic nitrogens is 5. The second-order valence-electron chi connectivity index (χ2n) is 7.61. The molecule has 5 rings (SSSR count). The van der Waals surface area contributed by atoms with E-state index in [-0.39, 0.29) is 11.4 Å². The largest absolute Gasteiger partial charge is 0.366 e. The Morgan fingerprint density at radius 2 is 1.94 bits per heavy atom. The molecule has 9 heteroatoms. The van der Waals surface area contributed by atoms with Gasteiger partial charge in [-0.25, -0.2) is 23.7 Å². The van der Waals surface area contributed by atoms with E-state index in [0.29, 0.717) is 40.1 Å². The molecule has 7 nitrogen and oxygen atoms in total. The Bertz CT molecular complexity index is 1530. The normalized spacial score (nSPS) is 12.3. The van der Waals surface area contributed by atoms with Crippen LogP contribution in [0.15, 0.2) is 61.2 Å². The third-order valence-corrected chi connectivity index (χ3v) is 5.62. The summed E-state index contributed by atoms with van der Waals surface area (Å²) in [6.45, 7) is 1.94. The van der Waals surface area contributed by atoms with Gasteiger partial charge >= 0.3 is 0 Å². The summed E-state index contributed by atoms with van der Waals surface area (Å²) < 4.78 is 31.1. The van der Waals surface area contributed by atoms with Crippen molar-refractivity contribution in [2.24, 2.45) is 5.73 Å². The summed E-state index contributed by atoms with van der Waals surface area (Å²) in [7, 11) is 0. The van der Waals surface area contributed by atoms with Crippen molar-refractivity contribution in [3.63, 3.8) is 0 Å². The number of carbonyl (C=O) groups is 1. The number of fused-ring (bicyclic) bond motifs is 2. The minimum Gasteiger partial charge on any atom is -0.366 e. The number of nitrogens with two attached hydrogens (primary N) is 1. The molecule has 0 fully saturated rings. The van der Waals surface area contributed by atoms with E-state index in [0.717, 1.165) is 5.39 Å². The number of hydrogen-bond acceptors (Lipinski definition) is 5. The number of hydrogen-bond donors (Lipinski definition) is 1. The number of imidazole rings is 1. The highest BCUT2D eigenvalue weighted by molar-refractivity contribution is 5.93. The molecule has 0 aliphatic heterocycles. The van der Waals surface area contributed by atoms with Crippen LogP contribution in [0.1, 0.15) is 35.3 Å². The van der Waals surface area contributed by atoms with Crippen molar-refractivity contribution in [1.29, 1.82) is 0 Å². The standard InChI is InChI=1S/C24H18F2N6O/c1-2-21(16-8-13-4-3-7-28-19(13)10-18(16)26)32-12-30-23-24(32)31-20(11-29-23)14-5-6-15(22(27)33)17(25)9-14/h3-12,21H,2H2,1H3,(H2,27,33). The topological polar surface area (TPSA) is 99.6 Å². The second kappa shape index (κ2) is 8.01. The Hall–Kier alpha value is -4.27. The summed E-state index contributed by atoms with van der Waals surface area (Å²) in [5, 5.41) is 0.827. The number of carbonyl (C=O) groups excluding carboxylic acids is 1. The molecule has 0 radical (unpaired) electrons. The van der Waals surface area contributed by atoms with Gasteiger partial charge in [-0.05, 0) is 30.7 Å². The van der Waals surface area contributed by atoms with Crippen LogP contribution in [0, 0.1) is 11.6 Å². The maximum absolute atomic E-state index is 15.1. The lowest BCUT2D eigenvalue weighted by molar-refractivity contribution is 0.0996. The average molecular weight is 444 g/mol. The minimum absolute atomic E-state index is 0.204. The monoisotopic (exact) mass is 444 g/mol. The summed E-state index contributed by atoms with van der Waals surface area (Å²) in [6, 6.07) is 10.5. The summed E-state index contributed by atoms with van der Waals surface area (Å²) in [4.78, 5) is 28.8. The molecule has 1 unspecified atom stereocenters.